The number of nitro groups is 1. The maximum Gasteiger partial charge on any atom is 0.271 e. The molecule has 0 saturated carbocycles. The second-order valence-electron chi connectivity index (χ2n) is 10.6. The van der Waals surface area contributed by atoms with E-state index in [1.165, 1.54) is 29.5 Å². The van der Waals surface area contributed by atoms with E-state index in [-0.39, 0.29) is 22.2 Å². The van der Waals surface area contributed by atoms with Gasteiger partial charge in [0.05, 0.1) is 32.9 Å². The van der Waals surface area contributed by atoms with E-state index in [2.05, 4.69) is 0 Å². The van der Waals surface area contributed by atoms with Crippen LogP contribution in [0.4, 0.5) is 5.69 Å². The number of thiazole rings is 1. The van der Waals surface area contributed by atoms with Crippen LogP contribution >= 0.6 is 22.9 Å². The highest BCUT2D eigenvalue weighted by Gasteiger charge is 2.36. The van der Waals surface area contributed by atoms with Crippen LogP contribution in [-0.4, -0.2) is 40.5 Å². The van der Waals surface area contributed by atoms with Gasteiger partial charge in [-0.3, -0.25) is 24.3 Å². The van der Waals surface area contributed by atoms with E-state index in [1.54, 1.807) is 41.7 Å². The Kier molecular flexibility index (Phi) is 8.37. The first-order valence-electron chi connectivity index (χ1n) is 14.6. The van der Waals surface area contributed by atoms with Gasteiger partial charge in [-0.2, -0.15) is 0 Å². The van der Waals surface area contributed by atoms with Gasteiger partial charge in [-0.1, -0.05) is 53.3 Å². The number of fused-ring (bicyclic) bond motifs is 2. The molecule has 0 unspecified atom stereocenters. The third-order valence-corrected chi connectivity index (χ3v) is 9.35. The molecule has 6 rings (SSSR count). The van der Waals surface area contributed by atoms with Crippen molar-refractivity contribution in [3.05, 3.63) is 124 Å². The van der Waals surface area contributed by atoms with Gasteiger partial charge in [0.2, 0.25) is 0 Å². The molecule has 1 aliphatic rings. The number of rotatable bonds is 8. The molecule has 1 atom stereocenters. The van der Waals surface area contributed by atoms with Crippen molar-refractivity contribution in [2.24, 2.45) is 4.99 Å². The van der Waals surface area contributed by atoms with Crippen LogP contribution in [0.1, 0.15) is 38.1 Å². The number of nitro benzene ring substituents is 1. The number of non-ortho nitro benzene ring substituents is 1. The van der Waals surface area contributed by atoms with Gasteiger partial charge in [-0.05, 0) is 55.8 Å². The lowest BCUT2D eigenvalue weighted by Crippen LogP contribution is -2.43. The zero-order valence-electron chi connectivity index (χ0n) is 25.4. The summed E-state index contributed by atoms with van der Waals surface area (Å²) in [4.78, 5) is 46.0. The Morgan fingerprint density at radius 2 is 1.91 bits per heavy atom. The summed E-state index contributed by atoms with van der Waals surface area (Å²) >= 11 is 7.52. The van der Waals surface area contributed by atoms with Crippen molar-refractivity contribution in [1.29, 1.82) is 0 Å². The van der Waals surface area contributed by atoms with Crippen molar-refractivity contribution in [3.8, 4) is 17.1 Å². The molecule has 0 aliphatic carbocycles. The van der Waals surface area contributed by atoms with Crippen LogP contribution in [0.2, 0.25) is 5.02 Å². The topological polar surface area (TPSA) is 120 Å². The second-order valence-corrected chi connectivity index (χ2v) is 12.0. The molecule has 10 nitrogen and oxygen atoms in total. The van der Waals surface area contributed by atoms with E-state index >= 15 is 0 Å². The number of nitrogens with zero attached hydrogens (tertiary/aromatic N) is 4. The number of furan rings is 1. The Bertz CT molecular complexity index is 2250. The minimum atomic E-state index is -0.807. The van der Waals surface area contributed by atoms with Crippen LogP contribution in [0, 0.1) is 10.1 Å². The number of benzene rings is 3. The molecule has 3 aromatic carbocycles. The van der Waals surface area contributed by atoms with Crippen LogP contribution < -0.4 is 19.6 Å². The van der Waals surface area contributed by atoms with Crippen molar-refractivity contribution < 1.29 is 18.9 Å². The van der Waals surface area contributed by atoms with E-state index in [4.69, 9.17) is 25.7 Å². The number of halogens is 1. The van der Waals surface area contributed by atoms with Gasteiger partial charge < -0.3 is 14.1 Å². The molecule has 12 heteroatoms. The van der Waals surface area contributed by atoms with Gasteiger partial charge in [0, 0.05) is 42.4 Å². The van der Waals surface area contributed by atoms with E-state index in [1.807, 2.05) is 50.2 Å². The molecule has 0 N–H and O–H groups in total. The molecule has 0 radical (unpaired) electrons. The third kappa shape index (κ3) is 5.31. The van der Waals surface area contributed by atoms with Gasteiger partial charge in [-0.25, -0.2) is 4.99 Å². The van der Waals surface area contributed by atoms with Crippen molar-refractivity contribution in [2.75, 3.05) is 20.2 Å². The summed E-state index contributed by atoms with van der Waals surface area (Å²) in [6.07, 6.45) is 1.62. The van der Waals surface area contributed by atoms with Gasteiger partial charge in [0.15, 0.2) is 4.80 Å². The third-order valence-electron chi connectivity index (χ3n) is 8.06. The zero-order valence-corrected chi connectivity index (χ0v) is 27.0. The number of carbonyl (C=O) groups excluding carboxylic acids is 1. The Morgan fingerprint density at radius 3 is 2.61 bits per heavy atom. The maximum atomic E-state index is 14.3. The molecule has 234 valence electrons. The van der Waals surface area contributed by atoms with E-state index in [0.29, 0.717) is 62.1 Å². The van der Waals surface area contributed by atoms with Crippen molar-refractivity contribution >= 4 is 51.4 Å². The summed E-state index contributed by atoms with van der Waals surface area (Å²) in [6, 6.07) is 18.3. The van der Waals surface area contributed by atoms with Crippen molar-refractivity contribution in [3.63, 3.8) is 0 Å². The van der Waals surface area contributed by atoms with Gasteiger partial charge in [-0.15, -0.1) is 0 Å². The first-order valence-corrected chi connectivity index (χ1v) is 15.8. The normalized spacial score (nSPS) is 14.7. The fourth-order valence-corrected chi connectivity index (χ4v) is 7.10. The average Bonchev–Trinajstić information content (AvgIpc) is 3.63. The lowest BCUT2D eigenvalue weighted by Gasteiger charge is -2.30. The fraction of sp³-hybridized carbons (Fsp3) is 0.206. The van der Waals surface area contributed by atoms with Crippen LogP contribution in [0.25, 0.3) is 28.2 Å². The van der Waals surface area contributed by atoms with E-state index < -0.39 is 11.0 Å². The molecule has 5 aromatic rings. The summed E-state index contributed by atoms with van der Waals surface area (Å²) in [5, 5.41) is 13.1. The highest BCUT2D eigenvalue weighted by Crippen LogP contribution is 2.40. The molecular weight excluding hydrogens is 628 g/mol. The van der Waals surface area contributed by atoms with E-state index in [0.717, 1.165) is 10.8 Å². The predicted octanol–water partition coefficient (Wildman–Crippen LogP) is 6.09. The molecule has 46 heavy (non-hydrogen) atoms. The first kappa shape index (κ1) is 31.0. The van der Waals surface area contributed by atoms with Gasteiger partial charge >= 0.3 is 0 Å². The van der Waals surface area contributed by atoms with Crippen LogP contribution in [-0.2, 0) is 4.79 Å². The number of ether oxygens (including phenoxy) is 1. The number of allylic oxidation sites excluding steroid dienone is 1. The highest BCUT2D eigenvalue weighted by molar-refractivity contribution is 7.07. The Balaban J connectivity index is 1.55. The molecule has 3 heterocycles. The summed E-state index contributed by atoms with van der Waals surface area (Å²) in [5.41, 5.74) is 1.64. The summed E-state index contributed by atoms with van der Waals surface area (Å²) < 4.78 is 13.8. The van der Waals surface area contributed by atoms with Crippen molar-refractivity contribution in [2.45, 2.75) is 26.8 Å². The monoisotopic (exact) mass is 656 g/mol. The largest absolute Gasteiger partial charge is 0.496 e. The first-order chi connectivity index (χ1) is 22.2. The lowest BCUT2D eigenvalue weighted by atomic mass is 9.90. The lowest BCUT2D eigenvalue weighted by molar-refractivity contribution is -0.384. The number of amides is 1. The Morgan fingerprint density at radius 1 is 1.15 bits per heavy atom. The maximum absolute atomic E-state index is 14.3. The zero-order chi connectivity index (χ0) is 32.7. The molecule has 0 fully saturated rings. The summed E-state index contributed by atoms with van der Waals surface area (Å²) in [7, 11) is 1.57. The number of likely N-dealkylation sites (N-methyl/N-ethyl adjacent to an activating group) is 1. The van der Waals surface area contributed by atoms with E-state index in [9.17, 15) is 19.7 Å². The van der Waals surface area contributed by atoms with Gasteiger partial charge in [0.1, 0.15) is 23.3 Å². The smallest absolute Gasteiger partial charge is 0.271 e. The molecule has 1 aliphatic heterocycles. The Labute approximate surface area is 272 Å². The summed E-state index contributed by atoms with van der Waals surface area (Å²) in [6.45, 7) is 6.62. The minimum absolute atomic E-state index is 0.131. The van der Waals surface area contributed by atoms with Crippen LogP contribution in [0.5, 0.6) is 5.75 Å². The highest BCUT2D eigenvalue weighted by atomic mass is 35.5. The number of aromatic nitrogens is 1. The second kappa shape index (κ2) is 12.4. The molecule has 1 amide bonds. The summed E-state index contributed by atoms with van der Waals surface area (Å²) in [5.74, 6) is 1.12. The minimum Gasteiger partial charge on any atom is -0.496 e. The number of hydrogen-bond acceptors (Lipinski definition) is 8. The quantitative estimate of drug-likeness (QED) is 0.147. The fourth-order valence-electron chi connectivity index (χ4n) is 5.81. The molecular formula is C34H29ClN4O6S. The molecule has 0 bridgehead atoms. The SMILES string of the molecule is CCN(CC)C(=O)C1=C(C)N=c2s/c(=C/c3ccc(-c4ccc([N+](=O)[O-])cc4Cl)o3)c(=O)n2[C@@H]1c1c(OC)ccc2ccccc12. The molecule has 0 saturated heterocycles. The number of methoxy groups -OCH3 is 1. The average molecular weight is 657 g/mol. The number of carbonyl (C=O) groups is 1. The number of hydrogen-bond donors (Lipinski definition) is 0. The van der Waals surface area contributed by atoms with Crippen LogP contribution in [0.15, 0.2) is 92.2 Å². The standard InChI is InChI=1S/C34H29ClN4O6S/c1-5-37(6-2)33(41)29-19(3)36-34-38(31(29)30-23-10-8-7-9-20(23)11-15-27(30)44-4)32(40)28(46-34)18-22-13-16-26(45-22)24-14-12-21(39(42)43)17-25(24)35/h7-18,31H,5-6H2,1-4H3/b28-18+/t31-/m0/s1. The van der Waals surface area contributed by atoms with Gasteiger partial charge in [0.25, 0.3) is 17.2 Å². The molecule has 2 aromatic heterocycles. The Hall–Kier alpha value is -5.00. The predicted molar refractivity (Wildman–Crippen MR) is 178 cm³/mol. The molecule has 0 spiro atoms. The van der Waals surface area contributed by atoms with Crippen LogP contribution in [0.3, 0.4) is 0 Å². The van der Waals surface area contributed by atoms with Crippen molar-refractivity contribution in [1.82, 2.24) is 9.47 Å².